The largest absolute Gasteiger partial charge is 0.356 e. The van der Waals surface area contributed by atoms with Crippen molar-refractivity contribution in [1.82, 2.24) is 14.6 Å². The molecule has 11 nitrogen and oxygen atoms in total. The van der Waals surface area contributed by atoms with Gasteiger partial charge in [0.2, 0.25) is 21.8 Å². The average Bonchev–Trinajstić information content (AvgIpc) is 3.42. The van der Waals surface area contributed by atoms with Crippen LogP contribution in [0, 0.1) is 23.7 Å². The highest BCUT2D eigenvalue weighted by Gasteiger charge is 2.54. The molecule has 0 radical (unpaired) electrons. The molecule has 7 rings (SSSR count). The van der Waals surface area contributed by atoms with Gasteiger partial charge in [-0.25, -0.2) is 22.2 Å². The van der Waals surface area contributed by atoms with E-state index >= 15 is 8.78 Å². The van der Waals surface area contributed by atoms with Gasteiger partial charge in [-0.05, 0) is 86.9 Å². The Labute approximate surface area is 279 Å². The smallest absolute Gasteiger partial charge is 0.276 e. The minimum absolute atomic E-state index is 0.0529. The molecule has 3 saturated carbocycles. The van der Waals surface area contributed by atoms with Gasteiger partial charge in [0.15, 0.2) is 0 Å². The molecule has 5 atom stereocenters. The lowest BCUT2D eigenvalue weighted by atomic mass is 9.57. The number of carbonyl (C=O) groups excluding carboxylic acids is 2. The van der Waals surface area contributed by atoms with Crippen LogP contribution < -0.4 is 26.6 Å². The number of nitrogens with one attached hydrogen (secondary N) is 1. The molecule has 1 aromatic carbocycles. The molecule has 2 saturated heterocycles. The first-order valence-corrected chi connectivity index (χ1v) is 18.1. The van der Waals surface area contributed by atoms with Crippen molar-refractivity contribution < 1.29 is 26.8 Å². The van der Waals surface area contributed by atoms with E-state index < -0.39 is 21.9 Å². The Hall–Kier alpha value is -2.91. The van der Waals surface area contributed by atoms with Crippen LogP contribution in [0.4, 0.5) is 20.3 Å². The number of halogens is 3. The second kappa shape index (κ2) is 13.5. The summed E-state index contributed by atoms with van der Waals surface area (Å²) in [5, 5.41) is 2.86. The molecule has 2 aromatic rings. The van der Waals surface area contributed by atoms with E-state index in [0.29, 0.717) is 44.6 Å². The molecule has 2 bridgehead atoms. The number of fused-ring (bicyclic) bond motifs is 3. The van der Waals surface area contributed by atoms with Crippen molar-refractivity contribution in [3.05, 3.63) is 47.1 Å². The van der Waals surface area contributed by atoms with Crippen molar-refractivity contribution in [2.24, 2.45) is 35.1 Å². The molecule has 15 heteroatoms. The molecule has 3 aliphatic carbocycles. The van der Waals surface area contributed by atoms with E-state index in [0.717, 1.165) is 6.42 Å². The maximum absolute atomic E-state index is 16.2. The first-order valence-electron chi connectivity index (χ1n) is 16.3. The number of pyridine rings is 1. The number of nitrogens with zero attached hydrogens (tertiary/aromatic N) is 4. The number of hydrogen-bond acceptors (Lipinski definition) is 8. The summed E-state index contributed by atoms with van der Waals surface area (Å²) in [6.45, 7) is 2.09. The fourth-order valence-corrected chi connectivity index (χ4v) is 9.41. The molecule has 2 unspecified atom stereocenters. The summed E-state index contributed by atoms with van der Waals surface area (Å²) in [5.74, 6) is -4.61. The van der Waals surface area contributed by atoms with Crippen molar-refractivity contribution in [2.45, 2.75) is 55.4 Å². The second-order valence-electron chi connectivity index (χ2n) is 13.2. The number of nitrogens with two attached hydrogens (primary N) is 2. The third-order valence-corrected chi connectivity index (χ3v) is 12.4. The highest BCUT2D eigenvalue weighted by molar-refractivity contribution is 7.89. The van der Waals surface area contributed by atoms with E-state index in [1.54, 1.807) is 21.9 Å². The first-order chi connectivity index (χ1) is 22.4. The maximum Gasteiger partial charge on any atom is 0.276 e. The molecule has 47 heavy (non-hydrogen) atoms. The molecule has 5 aliphatic rings. The van der Waals surface area contributed by atoms with Crippen molar-refractivity contribution >= 4 is 44.9 Å². The van der Waals surface area contributed by atoms with E-state index in [9.17, 15) is 18.0 Å². The molecular formula is C32H42ClF2N7O4S. The van der Waals surface area contributed by atoms with E-state index in [1.807, 2.05) is 0 Å². The van der Waals surface area contributed by atoms with E-state index in [2.05, 4.69) is 10.3 Å². The number of hydrogen-bond donors (Lipinski definition) is 3. The third kappa shape index (κ3) is 6.85. The van der Waals surface area contributed by atoms with Gasteiger partial charge in [0.25, 0.3) is 5.92 Å². The van der Waals surface area contributed by atoms with Crippen LogP contribution in [0.15, 0.2) is 41.3 Å². The zero-order valence-corrected chi connectivity index (χ0v) is 27.7. The Morgan fingerprint density at radius 3 is 2.38 bits per heavy atom. The summed E-state index contributed by atoms with van der Waals surface area (Å²) in [6, 6.07) is 8.52. The monoisotopic (exact) mass is 693 g/mol. The summed E-state index contributed by atoms with van der Waals surface area (Å²) in [6.07, 6.45) is 3.06. The summed E-state index contributed by atoms with van der Waals surface area (Å²) >= 11 is 6.31. The quantitative estimate of drug-likeness (QED) is 0.254. The Kier molecular flexibility index (Phi) is 9.79. The normalized spacial score (nSPS) is 27.0. The highest BCUT2D eigenvalue weighted by Crippen LogP contribution is 2.56. The topological polar surface area (TPSA) is 155 Å². The zero-order valence-electron chi connectivity index (χ0n) is 26.2. The van der Waals surface area contributed by atoms with Crippen LogP contribution in [-0.2, 0) is 25.5 Å². The summed E-state index contributed by atoms with van der Waals surface area (Å²) in [5.41, 5.74) is 11.8. The molecule has 5 fully saturated rings. The number of aromatic nitrogens is 1. The Morgan fingerprint density at radius 2 is 1.77 bits per heavy atom. The standard InChI is InChI=1S/C32H42ClF2N7O4S/c33-28-16-22(32(34,35)27-15-20-2-3-21(27)14-26(20)31(44)38-9-1-8-36)17-29(39-28)40-10-12-41(13-11-40)47(45,46)25-6-4-24(5-7-25)42-19-23(37)18-30(42)43/h4-7,16-17,20-21,23,26-27H,1-3,8-15,18-19,36-37H2,(H,38,44)/t20-,21-,23+,26?,27?/m0/s1. The van der Waals surface area contributed by atoms with Gasteiger partial charge in [0, 0.05) is 74.8 Å². The minimum atomic E-state index is -3.83. The Balaban J connectivity index is 1.10. The Morgan fingerprint density at radius 1 is 1.06 bits per heavy atom. The Bertz CT molecular complexity index is 1590. The highest BCUT2D eigenvalue weighted by atomic mass is 35.5. The average molecular weight is 694 g/mol. The summed E-state index contributed by atoms with van der Waals surface area (Å²) < 4.78 is 60.7. The van der Waals surface area contributed by atoms with Crippen LogP contribution in [0.2, 0.25) is 5.15 Å². The van der Waals surface area contributed by atoms with Crippen LogP contribution in [0.5, 0.6) is 0 Å². The van der Waals surface area contributed by atoms with Crippen molar-refractivity contribution in [3.63, 3.8) is 0 Å². The molecular weight excluding hydrogens is 652 g/mol. The van der Waals surface area contributed by atoms with Crippen LogP contribution in [-0.4, -0.2) is 81.4 Å². The number of anilines is 2. The molecule has 1 aromatic heterocycles. The lowest BCUT2D eigenvalue weighted by Gasteiger charge is -2.49. The van der Waals surface area contributed by atoms with Crippen LogP contribution in [0.3, 0.4) is 0 Å². The molecule has 3 heterocycles. The first kappa shape index (κ1) is 34.0. The maximum atomic E-state index is 16.2. The second-order valence-corrected chi connectivity index (χ2v) is 15.6. The van der Waals surface area contributed by atoms with Gasteiger partial charge in [-0.15, -0.1) is 0 Å². The van der Waals surface area contributed by atoms with E-state index in [-0.39, 0.29) is 96.1 Å². The van der Waals surface area contributed by atoms with Gasteiger partial charge in [0.1, 0.15) is 11.0 Å². The van der Waals surface area contributed by atoms with E-state index in [1.165, 1.54) is 28.6 Å². The predicted molar refractivity (Wildman–Crippen MR) is 175 cm³/mol. The fourth-order valence-electron chi connectivity index (χ4n) is 7.78. The molecule has 256 valence electrons. The third-order valence-electron chi connectivity index (χ3n) is 10.3. The molecule has 0 spiro atoms. The van der Waals surface area contributed by atoms with Crippen molar-refractivity contribution in [2.75, 3.05) is 55.6 Å². The summed E-state index contributed by atoms with van der Waals surface area (Å²) in [7, 11) is -3.83. The van der Waals surface area contributed by atoms with Crippen LogP contribution in [0.1, 0.15) is 44.1 Å². The molecule has 5 N–H and O–H groups in total. The van der Waals surface area contributed by atoms with Gasteiger partial charge < -0.3 is 26.6 Å². The van der Waals surface area contributed by atoms with Gasteiger partial charge in [-0.1, -0.05) is 11.6 Å². The van der Waals surface area contributed by atoms with Gasteiger partial charge >= 0.3 is 0 Å². The van der Waals surface area contributed by atoms with Gasteiger partial charge in [0.05, 0.1) is 4.90 Å². The number of carbonyl (C=O) groups is 2. The van der Waals surface area contributed by atoms with Crippen molar-refractivity contribution in [1.29, 1.82) is 0 Å². The number of rotatable bonds is 10. The number of piperazine rings is 1. The predicted octanol–water partition coefficient (Wildman–Crippen LogP) is 2.92. The fraction of sp³-hybridized carbons (Fsp3) is 0.594. The van der Waals surface area contributed by atoms with Gasteiger partial charge in [-0.3, -0.25) is 9.59 Å². The molecule has 2 amide bonds. The van der Waals surface area contributed by atoms with Crippen LogP contribution in [0.25, 0.3) is 0 Å². The number of benzene rings is 1. The number of amides is 2. The number of alkyl halides is 2. The van der Waals surface area contributed by atoms with Crippen molar-refractivity contribution in [3.8, 4) is 0 Å². The molecule has 2 aliphatic heterocycles. The van der Waals surface area contributed by atoms with Crippen LogP contribution >= 0.6 is 11.6 Å². The SMILES string of the molecule is NCCCNC(=O)C1C[C@@H]2CC[C@H]1CC2C(F)(F)c1cc(Cl)nc(N2CCN(S(=O)(=O)c3ccc(N4C[C@H](N)CC4=O)cc3)CC2)c1. The lowest BCUT2D eigenvalue weighted by Crippen LogP contribution is -2.49. The van der Waals surface area contributed by atoms with Gasteiger partial charge in [-0.2, -0.15) is 4.31 Å². The lowest BCUT2D eigenvalue weighted by molar-refractivity contribution is -0.151. The van der Waals surface area contributed by atoms with E-state index in [4.69, 9.17) is 23.1 Å². The number of sulfonamides is 1. The minimum Gasteiger partial charge on any atom is -0.356 e. The summed E-state index contributed by atoms with van der Waals surface area (Å²) in [4.78, 5) is 32.7. The zero-order chi connectivity index (χ0) is 33.5.